The average molecular weight is 244 g/mol. The van der Waals surface area contributed by atoms with Crippen LogP contribution in [0.15, 0.2) is 0 Å². The van der Waals surface area contributed by atoms with Gasteiger partial charge in [0.05, 0.1) is 12.5 Å². The first-order valence-corrected chi connectivity index (χ1v) is 6.17. The Kier molecular flexibility index (Phi) is 6.72. The Morgan fingerprint density at radius 3 is 2.24 bits per heavy atom. The lowest BCUT2D eigenvalue weighted by Crippen LogP contribution is -2.47. The normalized spacial score (nSPS) is 14.2. The lowest BCUT2D eigenvalue weighted by atomic mass is 9.92. The van der Waals surface area contributed by atoms with Gasteiger partial charge in [-0.25, -0.2) is 0 Å². The minimum Gasteiger partial charge on any atom is -0.469 e. The van der Waals surface area contributed by atoms with Crippen molar-refractivity contribution in [2.24, 2.45) is 11.3 Å². The van der Waals surface area contributed by atoms with E-state index in [1.54, 1.807) is 0 Å². The molecule has 0 saturated heterocycles. The number of methoxy groups -OCH3 is 1. The Morgan fingerprint density at radius 2 is 1.88 bits per heavy atom. The number of likely N-dealkylation sites (N-methyl/N-ethyl adjacent to an activating group) is 1. The highest BCUT2D eigenvalue weighted by atomic mass is 16.5. The lowest BCUT2D eigenvalue weighted by Gasteiger charge is -2.30. The molecule has 17 heavy (non-hydrogen) atoms. The van der Waals surface area contributed by atoms with Gasteiger partial charge in [-0.1, -0.05) is 13.8 Å². The van der Waals surface area contributed by atoms with Crippen molar-refractivity contribution in [1.82, 2.24) is 10.2 Å². The molecule has 4 nitrogen and oxygen atoms in total. The number of carbonyl (C=O) groups excluding carboxylic acids is 1. The van der Waals surface area contributed by atoms with E-state index in [2.05, 4.69) is 38.2 Å². The molecule has 1 unspecified atom stereocenters. The zero-order valence-electron chi connectivity index (χ0n) is 12.3. The van der Waals surface area contributed by atoms with Gasteiger partial charge in [0.15, 0.2) is 0 Å². The molecular weight excluding hydrogens is 216 g/mol. The summed E-state index contributed by atoms with van der Waals surface area (Å²) in [6, 6.07) is 0.383. The number of esters is 1. The maximum Gasteiger partial charge on any atom is 0.312 e. The van der Waals surface area contributed by atoms with Crippen molar-refractivity contribution >= 4 is 5.97 Å². The monoisotopic (exact) mass is 244 g/mol. The summed E-state index contributed by atoms with van der Waals surface area (Å²) in [6.45, 7) is 9.78. The fourth-order valence-electron chi connectivity index (χ4n) is 1.64. The molecule has 102 valence electrons. The quantitative estimate of drug-likeness (QED) is 0.687. The summed E-state index contributed by atoms with van der Waals surface area (Å²) >= 11 is 0. The van der Waals surface area contributed by atoms with Gasteiger partial charge in [0.1, 0.15) is 0 Å². The van der Waals surface area contributed by atoms with Gasteiger partial charge >= 0.3 is 5.97 Å². The minimum atomic E-state index is -0.478. The molecule has 0 radical (unpaired) electrons. The van der Waals surface area contributed by atoms with E-state index in [0.717, 1.165) is 6.54 Å². The molecule has 0 aliphatic carbocycles. The van der Waals surface area contributed by atoms with E-state index in [0.29, 0.717) is 18.5 Å². The molecule has 0 aromatic heterocycles. The van der Waals surface area contributed by atoms with Gasteiger partial charge in [-0.15, -0.1) is 0 Å². The Balaban J connectivity index is 4.34. The van der Waals surface area contributed by atoms with E-state index in [4.69, 9.17) is 4.74 Å². The van der Waals surface area contributed by atoms with Crippen LogP contribution < -0.4 is 5.32 Å². The van der Waals surface area contributed by atoms with E-state index in [-0.39, 0.29) is 5.97 Å². The standard InChI is InChI=1S/C13H28N2O2/c1-10(2)11(8-15(5)6)14-9-13(3,4)12(16)17-7/h10-11,14H,8-9H2,1-7H3. The Labute approximate surface area is 106 Å². The summed E-state index contributed by atoms with van der Waals surface area (Å²) in [6.07, 6.45) is 0. The van der Waals surface area contributed by atoms with E-state index in [1.165, 1.54) is 7.11 Å². The van der Waals surface area contributed by atoms with Gasteiger partial charge in [0, 0.05) is 19.1 Å². The fraction of sp³-hybridized carbons (Fsp3) is 0.923. The number of nitrogens with zero attached hydrogens (tertiary/aromatic N) is 1. The third kappa shape index (κ3) is 6.03. The summed E-state index contributed by atoms with van der Waals surface area (Å²) in [5.41, 5.74) is -0.478. The van der Waals surface area contributed by atoms with Gasteiger partial charge in [0.25, 0.3) is 0 Å². The topological polar surface area (TPSA) is 41.6 Å². The van der Waals surface area contributed by atoms with E-state index >= 15 is 0 Å². The summed E-state index contributed by atoms with van der Waals surface area (Å²) < 4.78 is 4.80. The SMILES string of the molecule is COC(=O)C(C)(C)CNC(CN(C)C)C(C)C. The van der Waals surface area contributed by atoms with Crippen LogP contribution in [0.1, 0.15) is 27.7 Å². The molecule has 0 spiro atoms. The predicted octanol–water partition coefficient (Wildman–Crippen LogP) is 1.36. The number of rotatable bonds is 7. The molecule has 0 bridgehead atoms. The largest absolute Gasteiger partial charge is 0.469 e. The van der Waals surface area contributed by atoms with Crippen LogP contribution >= 0.6 is 0 Å². The predicted molar refractivity (Wildman–Crippen MR) is 71.0 cm³/mol. The van der Waals surface area contributed by atoms with Gasteiger partial charge in [-0.05, 0) is 33.9 Å². The van der Waals surface area contributed by atoms with Crippen molar-refractivity contribution < 1.29 is 9.53 Å². The van der Waals surface area contributed by atoms with Crippen molar-refractivity contribution in [2.45, 2.75) is 33.7 Å². The lowest BCUT2D eigenvalue weighted by molar-refractivity contribution is -0.150. The van der Waals surface area contributed by atoms with E-state index in [1.807, 2.05) is 13.8 Å². The van der Waals surface area contributed by atoms with Gasteiger partial charge in [0.2, 0.25) is 0 Å². The summed E-state index contributed by atoms with van der Waals surface area (Å²) in [5, 5.41) is 3.46. The molecule has 0 rings (SSSR count). The minimum absolute atomic E-state index is 0.169. The number of hydrogen-bond acceptors (Lipinski definition) is 4. The van der Waals surface area contributed by atoms with Crippen molar-refractivity contribution in [2.75, 3.05) is 34.3 Å². The molecular formula is C13H28N2O2. The van der Waals surface area contributed by atoms with Crippen LogP contribution in [0.5, 0.6) is 0 Å². The van der Waals surface area contributed by atoms with Crippen molar-refractivity contribution in [3.05, 3.63) is 0 Å². The zero-order chi connectivity index (χ0) is 13.6. The third-order valence-corrected chi connectivity index (χ3v) is 2.91. The molecule has 0 fully saturated rings. The zero-order valence-corrected chi connectivity index (χ0v) is 12.3. The number of nitrogens with one attached hydrogen (secondary N) is 1. The Hall–Kier alpha value is -0.610. The second-order valence-electron chi connectivity index (χ2n) is 5.87. The highest BCUT2D eigenvalue weighted by molar-refractivity contribution is 5.76. The molecule has 0 aromatic rings. The smallest absolute Gasteiger partial charge is 0.312 e. The van der Waals surface area contributed by atoms with Crippen molar-refractivity contribution in [1.29, 1.82) is 0 Å². The van der Waals surface area contributed by atoms with Gasteiger partial charge in [-0.2, -0.15) is 0 Å². The Morgan fingerprint density at radius 1 is 1.35 bits per heavy atom. The molecule has 0 aliphatic rings. The molecule has 1 N–H and O–H groups in total. The first kappa shape index (κ1) is 16.4. The van der Waals surface area contributed by atoms with Gasteiger partial charge in [-0.3, -0.25) is 4.79 Å². The van der Waals surface area contributed by atoms with Crippen molar-refractivity contribution in [3.8, 4) is 0 Å². The van der Waals surface area contributed by atoms with Crippen LogP contribution in [0, 0.1) is 11.3 Å². The second kappa shape index (κ2) is 6.97. The highest BCUT2D eigenvalue weighted by Crippen LogP contribution is 2.16. The molecule has 0 aliphatic heterocycles. The average Bonchev–Trinajstić information content (AvgIpc) is 2.22. The molecule has 4 heteroatoms. The van der Waals surface area contributed by atoms with Crippen LogP contribution in [0.2, 0.25) is 0 Å². The molecule has 0 saturated carbocycles. The second-order valence-corrected chi connectivity index (χ2v) is 5.87. The first-order chi connectivity index (χ1) is 7.70. The molecule has 0 heterocycles. The van der Waals surface area contributed by atoms with Crippen LogP contribution in [-0.2, 0) is 9.53 Å². The molecule has 0 aromatic carbocycles. The van der Waals surface area contributed by atoms with Gasteiger partial charge < -0.3 is 15.0 Å². The Bertz CT molecular complexity index is 238. The van der Waals surface area contributed by atoms with Crippen LogP contribution in [-0.4, -0.2) is 51.2 Å². The first-order valence-electron chi connectivity index (χ1n) is 6.17. The van der Waals surface area contributed by atoms with Crippen LogP contribution in [0.25, 0.3) is 0 Å². The summed E-state index contributed by atoms with van der Waals surface area (Å²) in [7, 11) is 5.55. The van der Waals surface area contributed by atoms with Crippen LogP contribution in [0.4, 0.5) is 0 Å². The number of hydrogen-bond donors (Lipinski definition) is 1. The summed E-state index contributed by atoms with van der Waals surface area (Å²) in [4.78, 5) is 13.7. The number of carbonyl (C=O) groups is 1. The maximum atomic E-state index is 11.6. The number of ether oxygens (including phenoxy) is 1. The van der Waals surface area contributed by atoms with Crippen molar-refractivity contribution in [3.63, 3.8) is 0 Å². The fourth-order valence-corrected chi connectivity index (χ4v) is 1.64. The maximum absolute atomic E-state index is 11.6. The van der Waals surface area contributed by atoms with E-state index < -0.39 is 5.41 Å². The third-order valence-electron chi connectivity index (χ3n) is 2.91. The molecule has 1 atom stereocenters. The molecule has 0 amide bonds. The highest BCUT2D eigenvalue weighted by Gasteiger charge is 2.29. The summed E-state index contributed by atoms with van der Waals surface area (Å²) in [5.74, 6) is 0.364. The van der Waals surface area contributed by atoms with Crippen LogP contribution in [0.3, 0.4) is 0 Å². The van der Waals surface area contributed by atoms with E-state index in [9.17, 15) is 4.79 Å².